The Morgan fingerprint density at radius 1 is 1.35 bits per heavy atom. The highest BCUT2D eigenvalue weighted by atomic mass is 32.1. The smallest absolute Gasteiger partial charge is 0.173 e. The number of aromatic amines is 1. The van der Waals surface area contributed by atoms with Gasteiger partial charge in [0.1, 0.15) is 11.9 Å². The fourth-order valence-corrected chi connectivity index (χ4v) is 2.66. The summed E-state index contributed by atoms with van der Waals surface area (Å²) in [6.45, 7) is 0. The molecule has 0 aliphatic heterocycles. The standard InChI is InChI=1S/C15H11N3OS/c1-19-14-7-6-11(20-14)8-10(9-16)15-17-12-4-2-3-5-13(12)18-15/h2-8H,1H3,(H,17,18)/b10-8+. The molecule has 0 aliphatic rings. The van der Waals surface area contributed by atoms with E-state index in [0.29, 0.717) is 11.4 Å². The zero-order valence-corrected chi connectivity index (χ0v) is 11.6. The number of aromatic nitrogens is 2. The Morgan fingerprint density at radius 2 is 2.20 bits per heavy atom. The van der Waals surface area contributed by atoms with Gasteiger partial charge in [-0.2, -0.15) is 5.26 Å². The molecule has 0 spiro atoms. The van der Waals surface area contributed by atoms with E-state index in [-0.39, 0.29) is 0 Å². The second kappa shape index (κ2) is 5.19. The van der Waals surface area contributed by atoms with Crippen molar-refractivity contribution in [3.8, 4) is 11.1 Å². The van der Waals surface area contributed by atoms with Gasteiger partial charge in [0, 0.05) is 4.88 Å². The topological polar surface area (TPSA) is 61.7 Å². The lowest BCUT2D eigenvalue weighted by Gasteiger charge is -1.92. The number of thiophene rings is 1. The predicted octanol–water partition coefficient (Wildman–Crippen LogP) is 3.70. The number of nitriles is 1. The Morgan fingerprint density at radius 3 is 2.90 bits per heavy atom. The van der Waals surface area contributed by atoms with Gasteiger partial charge < -0.3 is 9.72 Å². The van der Waals surface area contributed by atoms with Crippen molar-refractivity contribution in [2.24, 2.45) is 0 Å². The average molecular weight is 281 g/mol. The van der Waals surface area contributed by atoms with Crippen molar-refractivity contribution < 1.29 is 4.74 Å². The van der Waals surface area contributed by atoms with Crippen LogP contribution >= 0.6 is 11.3 Å². The quantitative estimate of drug-likeness (QED) is 0.745. The van der Waals surface area contributed by atoms with Gasteiger partial charge in [0.05, 0.1) is 23.7 Å². The maximum Gasteiger partial charge on any atom is 0.173 e. The Kier molecular flexibility index (Phi) is 3.23. The number of hydrogen-bond donors (Lipinski definition) is 1. The van der Waals surface area contributed by atoms with Crippen LogP contribution in [0.5, 0.6) is 5.06 Å². The molecule has 0 fully saturated rings. The number of para-hydroxylation sites is 2. The third-order valence-electron chi connectivity index (χ3n) is 2.85. The number of methoxy groups -OCH3 is 1. The fourth-order valence-electron chi connectivity index (χ4n) is 1.90. The minimum atomic E-state index is 0.505. The fraction of sp³-hybridized carbons (Fsp3) is 0.0667. The number of rotatable bonds is 3. The van der Waals surface area contributed by atoms with Crippen molar-refractivity contribution >= 4 is 34.0 Å². The van der Waals surface area contributed by atoms with Crippen molar-refractivity contribution in [3.05, 3.63) is 47.1 Å². The second-order valence-electron chi connectivity index (χ2n) is 4.13. The Balaban J connectivity index is 2.02. The summed E-state index contributed by atoms with van der Waals surface area (Å²) in [4.78, 5) is 8.55. The summed E-state index contributed by atoms with van der Waals surface area (Å²) < 4.78 is 5.15. The Bertz CT molecular complexity index is 790. The molecular weight excluding hydrogens is 270 g/mol. The lowest BCUT2D eigenvalue weighted by atomic mass is 10.2. The first-order chi connectivity index (χ1) is 9.80. The number of hydrogen-bond acceptors (Lipinski definition) is 4. The Labute approximate surface area is 120 Å². The highest BCUT2D eigenvalue weighted by Gasteiger charge is 2.08. The molecule has 0 atom stereocenters. The van der Waals surface area contributed by atoms with Gasteiger partial charge in [0.2, 0.25) is 0 Å². The lowest BCUT2D eigenvalue weighted by molar-refractivity contribution is 0.427. The molecule has 0 unspecified atom stereocenters. The van der Waals surface area contributed by atoms with Crippen molar-refractivity contribution in [1.29, 1.82) is 5.26 Å². The molecule has 0 saturated carbocycles. The summed E-state index contributed by atoms with van der Waals surface area (Å²) in [7, 11) is 1.63. The summed E-state index contributed by atoms with van der Waals surface area (Å²) in [6, 6.07) is 13.7. The van der Waals surface area contributed by atoms with Gasteiger partial charge in [0.25, 0.3) is 0 Å². The molecule has 0 saturated heterocycles. The van der Waals surface area contributed by atoms with Gasteiger partial charge in [-0.05, 0) is 30.3 Å². The van der Waals surface area contributed by atoms with Crippen LogP contribution in [-0.2, 0) is 0 Å². The molecule has 3 rings (SSSR count). The van der Waals surface area contributed by atoms with E-state index in [1.165, 1.54) is 11.3 Å². The minimum Gasteiger partial charge on any atom is -0.487 e. The van der Waals surface area contributed by atoms with Crippen LogP contribution < -0.4 is 4.74 Å². The summed E-state index contributed by atoms with van der Waals surface area (Å²) in [5.74, 6) is 0.584. The van der Waals surface area contributed by atoms with Crippen LogP contribution in [-0.4, -0.2) is 17.1 Å². The largest absolute Gasteiger partial charge is 0.487 e. The van der Waals surface area contributed by atoms with Crippen molar-refractivity contribution in [1.82, 2.24) is 9.97 Å². The third-order valence-corrected chi connectivity index (χ3v) is 3.85. The number of nitrogens with one attached hydrogen (secondary N) is 1. The second-order valence-corrected chi connectivity index (χ2v) is 5.21. The van der Waals surface area contributed by atoms with Gasteiger partial charge in [0.15, 0.2) is 5.06 Å². The Hall–Kier alpha value is -2.58. The maximum atomic E-state index is 9.33. The molecule has 1 N–H and O–H groups in total. The zero-order chi connectivity index (χ0) is 13.9. The van der Waals surface area contributed by atoms with Crippen LogP contribution in [0.4, 0.5) is 0 Å². The first-order valence-corrected chi connectivity index (χ1v) is 6.82. The van der Waals surface area contributed by atoms with Crippen molar-refractivity contribution in [2.45, 2.75) is 0 Å². The van der Waals surface area contributed by atoms with E-state index in [0.717, 1.165) is 21.0 Å². The number of H-pyrrole nitrogens is 1. The zero-order valence-electron chi connectivity index (χ0n) is 10.8. The molecule has 20 heavy (non-hydrogen) atoms. The minimum absolute atomic E-state index is 0.505. The summed E-state index contributed by atoms with van der Waals surface area (Å²) in [6.07, 6.45) is 1.81. The van der Waals surface area contributed by atoms with E-state index < -0.39 is 0 Å². The van der Waals surface area contributed by atoms with Crippen LogP contribution in [0.3, 0.4) is 0 Å². The molecule has 98 valence electrons. The van der Waals surface area contributed by atoms with Crippen molar-refractivity contribution in [3.63, 3.8) is 0 Å². The van der Waals surface area contributed by atoms with Crippen LogP contribution in [0.15, 0.2) is 36.4 Å². The van der Waals surface area contributed by atoms with E-state index in [4.69, 9.17) is 4.74 Å². The first kappa shape index (κ1) is 12.5. The molecule has 0 amide bonds. The third kappa shape index (κ3) is 2.29. The van der Waals surface area contributed by atoms with Crippen LogP contribution in [0, 0.1) is 11.3 Å². The van der Waals surface area contributed by atoms with Gasteiger partial charge in [-0.1, -0.05) is 23.5 Å². The molecule has 2 aromatic heterocycles. The van der Waals surface area contributed by atoms with E-state index >= 15 is 0 Å². The molecule has 0 aliphatic carbocycles. The molecule has 2 heterocycles. The lowest BCUT2D eigenvalue weighted by Crippen LogP contribution is -1.83. The summed E-state index contributed by atoms with van der Waals surface area (Å²) in [5.41, 5.74) is 2.28. The predicted molar refractivity (Wildman–Crippen MR) is 80.4 cm³/mol. The summed E-state index contributed by atoms with van der Waals surface area (Å²) >= 11 is 1.49. The first-order valence-electron chi connectivity index (χ1n) is 6.01. The SMILES string of the molecule is COc1ccc(/C=C(\C#N)c2nc3ccccc3[nH]2)s1. The van der Waals surface area contributed by atoms with Gasteiger partial charge >= 0.3 is 0 Å². The number of benzene rings is 1. The number of fused-ring (bicyclic) bond motifs is 1. The molecule has 0 radical (unpaired) electrons. The van der Waals surface area contributed by atoms with Gasteiger partial charge in [-0.15, -0.1) is 0 Å². The molecule has 4 nitrogen and oxygen atoms in total. The monoisotopic (exact) mass is 281 g/mol. The molecule has 0 bridgehead atoms. The van der Waals surface area contributed by atoms with E-state index in [2.05, 4.69) is 16.0 Å². The molecular formula is C15H11N3OS. The molecule has 1 aromatic carbocycles. The summed E-state index contributed by atoms with van der Waals surface area (Å²) in [5, 5.41) is 10.1. The van der Waals surface area contributed by atoms with E-state index in [1.807, 2.05) is 42.5 Å². The molecule has 5 heteroatoms. The maximum absolute atomic E-state index is 9.33. The highest BCUT2D eigenvalue weighted by molar-refractivity contribution is 7.14. The number of nitrogens with zero attached hydrogens (tertiary/aromatic N) is 2. The number of ether oxygens (including phenoxy) is 1. The number of allylic oxidation sites excluding steroid dienone is 1. The molecule has 3 aromatic rings. The van der Waals surface area contributed by atoms with E-state index in [1.54, 1.807) is 7.11 Å². The van der Waals surface area contributed by atoms with Crippen LogP contribution in [0.2, 0.25) is 0 Å². The van der Waals surface area contributed by atoms with Crippen molar-refractivity contribution in [2.75, 3.05) is 7.11 Å². The highest BCUT2D eigenvalue weighted by Crippen LogP contribution is 2.27. The van der Waals surface area contributed by atoms with E-state index in [9.17, 15) is 5.26 Å². The number of imidazole rings is 1. The van der Waals surface area contributed by atoms with Crippen LogP contribution in [0.25, 0.3) is 22.7 Å². The normalized spacial score (nSPS) is 11.5. The van der Waals surface area contributed by atoms with Gasteiger partial charge in [-0.25, -0.2) is 4.98 Å². The van der Waals surface area contributed by atoms with Crippen LogP contribution in [0.1, 0.15) is 10.7 Å². The average Bonchev–Trinajstić information content (AvgIpc) is 3.10. The van der Waals surface area contributed by atoms with Gasteiger partial charge in [-0.3, -0.25) is 0 Å².